The SMILES string of the molecule is CC(C)c1ccc(/C=C(\c2nc3ccccc3[nH]2)c2nc3ccccc3s2)cc1. The number of imidazole rings is 1. The second-order valence-electron chi connectivity index (χ2n) is 7.47. The molecule has 2 heterocycles. The molecule has 0 saturated carbocycles. The lowest BCUT2D eigenvalue weighted by Crippen LogP contribution is -1.91. The highest BCUT2D eigenvalue weighted by Crippen LogP contribution is 2.32. The molecule has 0 aliphatic carbocycles. The van der Waals surface area contributed by atoms with Crippen molar-refractivity contribution in [2.75, 3.05) is 0 Å². The third-order valence-electron chi connectivity index (χ3n) is 5.08. The monoisotopic (exact) mass is 395 g/mol. The van der Waals surface area contributed by atoms with Gasteiger partial charge in [-0.3, -0.25) is 0 Å². The molecule has 4 heteroatoms. The largest absolute Gasteiger partial charge is 0.338 e. The first-order valence-electron chi connectivity index (χ1n) is 9.80. The Balaban J connectivity index is 1.67. The summed E-state index contributed by atoms with van der Waals surface area (Å²) in [4.78, 5) is 13.2. The summed E-state index contributed by atoms with van der Waals surface area (Å²) in [5.41, 5.74) is 6.51. The molecule has 0 unspecified atom stereocenters. The molecule has 0 radical (unpaired) electrons. The van der Waals surface area contributed by atoms with Gasteiger partial charge >= 0.3 is 0 Å². The minimum absolute atomic E-state index is 0.520. The van der Waals surface area contributed by atoms with E-state index in [1.54, 1.807) is 11.3 Å². The zero-order valence-electron chi connectivity index (χ0n) is 16.4. The van der Waals surface area contributed by atoms with E-state index in [0.29, 0.717) is 5.92 Å². The van der Waals surface area contributed by atoms with E-state index in [1.165, 1.54) is 10.3 Å². The highest BCUT2D eigenvalue weighted by molar-refractivity contribution is 7.19. The van der Waals surface area contributed by atoms with Crippen LogP contribution < -0.4 is 0 Å². The number of hydrogen-bond acceptors (Lipinski definition) is 3. The van der Waals surface area contributed by atoms with Crippen molar-refractivity contribution in [3.05, 3.63) is 94.8 Å². The minimum Gasteiger partial charge on any atom is -0.338 e. The summed E-state index contributed by atoms with van der Waals surface area (Å²) >= 11 is 1.70. The van der Waals surface area contributed by atoms with E-state index < -0.39 is 0 Å². The molecule has 0 saturated heterocycles. The van der Waals surface area contributed by atoms with Crippen LogP contribution >= 0.6 is 11.3 Å². The number of hydrogen-bond donors (Lipinski definition) is 1. The number of thiazole rings is 1. The summed E-state index contributed by atoms with van der Waals surface area (Å²) in [6.45, 7) is 4.43. The van der Waals surface area contributed by atoms with Gasteiger partial charge in [0.1, 0.15) is 10.8 Å². The van der Waals surface area contributed by atoms with Crippen LogP contribution in [0, 0.1) is 0 Å². The number of aromatic amines is 1. The third kappa shape index (κ3) is 3.47. The maximum atomic E-state index is 4.89. The second kappa shape index (κ2) is 7.30. The van der Waals surface area contributed by atoms with Crippen LogP contribution in [0.5, 0.6) is 0 Å². The van der Waals surface area contributed by atoms with Gasteiger partial charge in [0.05, 0.1) is 26.8 Å². The number of aromatic nitrogens is 3. The molecule has 0 bridgehead atoms. The molecule has 2 aromatic heterocycles. The van der Waals surface area contributed by atoms with Crippen molar-refractivity contribution in [3.8, 4) is 0 Å². The standard InChI is InChI=1S/C25H21N3S/c1-16(2)18-13-11-17(12-14-18)15-19(24-26-20-7-3-4-8-21(20)27-24)25-28-22-9-5-6-10-23(22)29-25/h3-16H,1-2H3,(H,26,27)/b19-15+. The molecule has 0 aliphatic heterocycles. The molecule has 142 valence electrons. The van der Waals surface area contributed by atoms with E-state index >= 15 is 0 Å². The maximum absolute atomic E-state index is 4.89. The molecule has 0 spiro atoms. The van der Waals surface area contributed by atoms with Gasteiger partial charge in [-0.25, -0.2) is 9.97 Å². The number of nitrogens with zero attached hydrogens (tertiary/aromatic N) is 2. The summed E-state index contributed by atoms with van der Waals surface area (Å²) in [6.07, 6.45) is 2.18. The van der Waals surface area contributed by atoms with Crippen LogP contribution in [0.1, 0.15) is 41.7 Å². The van der Waals surface area contributed by atoms with E-state index in [4.69, 9.17) is 9.97 Å². The molecule has 1 N–H and O–H groups in total. The lowest BCUT2D eigenvalue weighted by Gasteiger charge is -2.06. The van der Waals surface area contributed by atoms with Crippen LogP contribution in [-0.2, 0) is 0 Å². The molecule has 0 atom stereocenters. The second-order valence-corrected chi connectivity index (χ2v) is 8.50. The molecule has 3 aromatic carbocycles. The normalized spacial score (nSPS) is 12.3. The molecule has 5 aromatic rings. The van der Waals surface area contributed by atoms with Gasteiger partial charge in [0.2, 0.25) is 0 Å². The van der Waals surface area contributed by atoms with Crippen LogP contribution in [0.3, 0.4) is 0 Å². The Morgan fingerprint density at radius 1 is 0.862 bits per heavy atom. The first-order valence-corrected chi connectivity index (χ1v) is 10.6. The van der Waals surface area contributed by atoms with Crippen molar-refractivity contribution in [3.63, 3.8) is 0 Å². The zero-order valence-corrected chi connectivity index (χ0v) is 17.2. The van der Waals surface area contributed by atoms with Gasteiger partial charge in [0.25, 0.3) is 0 Å². The maximum Gasteiger partial charge on any atom is 0.141 e. The number of fused-ring (bicyclic) bond motifs is 2. The molecular formula is C25H21N3S. The first kappa shape index (κ1) is 17.8. The Morgan fingerprint density at radius 3 is 2.31 bits per heavy atom. The van der Waals surface area contributed by atoms with Crippen molar-refractivity contribution < 1.29 is 0 Å². The predicted molar refractivity (Wildman–Crippen MR) is 123 cm³/mol. The molecule has 0 fully saturated rings. The van der Waals surface area contributed by atoms with Gasteiger partial charge < -0.3 is 4.98 Å². The molecule has 3 nitrogen and oxygen atoms in total. The highest BCUT2D eigenvalue weighted by atomic mass is 32.1. The van der Waals surface area contributed by atoms with E-state index in [0.717, 1.165) is 38.5 Å². The number of benzene rings is 3. The molecule has 0 aliphatic rings. The van der Waals surface area contributed by atoms with Crippen LogP contribution in [0.2, 0.25) is 0 Å². The van der Waals surface area contributed by atoms with E-state index in [1.807, 2.05) is 24.3 Å². The molecule has 29 heavy (non-hydrogen) atoms. The Hall–Kier alpha value is -3.24. The quantitative estimate of drug-likeness (QED) is 0.360. The zero-order chi connectivity index (χ0) is 19.8. The van der Waals surface area contributed by atoms with Crippen molar-refractivity contribution >= 4 is 44.2 Å². The van der Waals surface area contributed by atoms with Crippen molar-refractivity contribution in [1.82, 2.24) is 15.0 Å². The molecule has 0 amide bonds. The van der Waals surface area contributed by atoms with Crippen molar-refractivity contribution in [1.29, 1.82) is 0 Å². The van der Waals surface area contributed by atoms with E-state index in [-0.39, 0.29) is 0 Å². The lowest BCUT2D eigenvalue weighted by molar-refractivity contribution is 0.866. The minimum atomic E-state index is 0.520. The van der Waals surface area contributed by atoms with E-state index in [2.05, 4.69) is 73.4 Å². The summed E-state index contributed by atoms with van der Waals surface area (Å²) in [7, 11) is 0. The summed E-state index contributed by atoms with van der Waals surface area (Å²) < 4.78 is 1.18. The number of H-pyrrole nitrogens is 1. The van der Waals surface area contributed by atoms with Gasteiger partial charge in [0, 0.05) is 0 Å². The molecule has 5 rings (SSSR count). The number of rotatable bonds is 4. The van der Waals surface area contributed by atoms with Gasteiger partial charge in [-0.1, -0.05) is 62.4 Å². The van der Waals surface area contributed by atoms with Crippen LogP contribution in [0.15, 0.2) is 72.8 Å². The fraction of sp³-hybridized carbons (Fsp3) is 0.120. The average Bonchev–Trinajstić information content (AvgIpc) is 3.36. The Kier molecular flexibility index (Phi) is 4.49. The Morgan fingerprint density at radius 2 is 1.59 bits per heavy atom. The van der Waals surface area contributed by atoms with Crippen LogP contribution in [-0.4, -0.2) is 15.0 Å². The molecular weight excluding hydrogens is 374 g/mol. The Bertz CT molecular complexity index is 1180. The summed E-state index contributed by atoms with van der Waals surface area (Å²) in [6, 6.07) is 25.1. The fourth-order valence-electron chi connectivity index (χ4n) is 3.44. The predicted octanol–water partition coefficient (Wildman–Crippen LogP) is 6.88. The Labute approximate surface area is 173 Å². The summed E-state index contributed by atoms with van der Waals surface area (Å²) in [5.74, 6) is 1.37. The van der Waals surface area contributed by atoms with Gasteiger partial charge in [0.15, 0.2) is 0 Å². The summed E-state index contributed by atoms with van der Waals surface area (Å²) in [5, 5.41) is 0.971. The highest BCUT2D eigenvalue weighted by Gasteiger charge is 2.15. The van der Waals surface area contributed by atoms with Crippen LogP contribution in [0.4, 0.5) is 0 Å². The fourth-order valence-corrected chi connectivity index (χ4v) is 4.43. The number of para-hydroxylation sites is 3. The van der Waals surface area contributed by atoms with Crippen molar-refractivity contribution in [2.24, 2.45) is 0 Å². The van der Waals surface area contributed by atoms with Gasteiger partial charge in [-0.2, -0.15) is 0 Å². The van der Waals surface area contributed by atoms with Gasteiger partial charge in [-0.15, -0.1) is 11.3 Å². The first-order chi connectivity index (χ1) is 14.2. The van der Waals surface area contributed by atoms with Crippen LogP contribution in [0.25, 0.3) is 32.9 Å². The van der Waals surface area contributed by atoms with Crippen molar-refractivity contribution in [2.45, 2.75) is 19.8 Å². The smallest absolute Gasteiger partial charge is 0.141 e. The topological polar surface area (TPSA) is 41.6 Å². The third-order valence-corrected chi connectivity index (χ3v) is 6.15. The lowest BCUT2D eigenvalue weighted by atomic mass is 10.0. The average molecular weight is 396 g/mol. The number of nitrogens with one attached hydrogen (secondary N) is 1. The van der Waals surface area contributed by atoms with E-state index in [9.17, 15) is 0 Å². The van der Waals surface area contributed by atoms with Gasteiger partial charge in [-0.05, 0) is 47.4 Å².